The highest BCUT2D eigenvalue weighted by molar-refractivity contribution is 5.25. The fourth-order valence-electron chi connectivity index (χ4n) is 2.83. The van der Waals surface area contributed by atoms with Crippen LogP contribution in [0, 0.1) is 17.2 Å². The van der Waals surface area contributed by atoms with Crippen molar-refractivity contribution in [3.8, 4) is 6.07 Å². The van der Waals surface area contributed by atoms with Crippen molar-refractivity contribution in [3.63, 3.8) is 0 Å². The molecule has 96 valence electrons. The number of hydrogen-bond donors (Lipinski definition) is 1. The zero-order chi connectivity index (χ0) is 12.8. The van der Waals surface area contributed by atoms with Gasteiger partial charge in [-0.05, 0) is 24.3 Å². The van der Waals surface area contributed by atoms with Crippen LogP contribution in [0.25, 0.3) is 0 Å². The topological polar surface area (TPSA) is 35.8 Å². The highest BCUT2D eigenvalue weighted by atomic mass is 14.9. The first kappa shape index (κ1) is 13.1. The number of rotatable bonds is 4. The molecule has 0 spiro atoms. The van der Waals surface area contributed by atoms with E-state index in [4.69, 9.17) is 0 Å². The maximum absolute atomic E-state index is 9.27. The average molecular weight is 242 g/mol. The molecule has 1 fully saturated rings. The van der Waals surface area contributed by atoms with Gasteiger partial charge in [0.2, 0.25) is 0 Å². The van der Waals surface area contributed by atoms with Crippen LogP contribution < -0.4 is 5.32 Å². The minimum atomic E-state index is -0.0246. The second kappa shape index (κ2) is 6.56. The monoisotopic (exact) mass is 242 g/mol. The van der Waals surface area contributed by atoms with E-state index in [-0.39, 0.29) is 5.92 Å². The van der Waals surface area contributed by atoms with Crippen molar-refractivity contribution in [2.75, 3.05) is 6.54 Å². The third kappa shape index (κ3) is 3.58. The van der Waals surface area contributed by atoms with E-state index in [0.29, 0.717) is 6.04 Å². The fraction of sp³-hybridized carbons (Fsp3) is 0.562. The van der Waals surface area contributed by atoms with E-state index in [9.17, 15) is 5.26 Å². The maximum Gasteiger partial charge on any atom is 0.0837 e. The average Bonchev–Trinajstić information content (AvgIpc) is 2.41. The Balaban J connectivity index is 1.86. The van der Waals surface area contributed by atoms with Crippen LogP contribution in [0.15, 0.2) is 30.3 Å². The van der Waals surface area contributed by atoms with Crippen LogP contribution in [0.4, 0.5) is 0 Å². The van der Waals surface area contributed by atoms with Crippen LogP contribution in [-0.2, 0) is 0 Å². The zero-order valence-corrected chi connectivity index (χ0v) is 11.1. The molecule has 0 amide bonds. The Labute approximate surface area is 110 Å². The third-order valence-corrected chi connectivity index (χ3v) is 3.90. The van der Waals surface area contributed by atoms with Gasteiger partial charge in [0, 0.05) is 12.6 Å². The third-order valence-electron chi connectivity index (χ3n) is 3.90. The zero-order valence-electron chi connectivity index (χ0n) is 11.1. The molecule has 1 aromatic rings. The second-order valence-corrected chi connectivity index (χ2v) is 5.47. The number of benzene rings is 1. The lowest BCUT2D eigenvalue weighted by Gasteiger charge is -2.28. The van der Waals surface area contributed by atoms with Crippen LogP contribution >= 0.6 is 0 Å². The minimum Gasteiger partial charge on any atom is -0.312 e. The molecule has 1 aromatic carbocycles. The van der Waals surface area contributed by atoms with E-state index in [1.54, 1.807) is 0 Å². The molecule has 1 aliphatic rings. The predicted octanol–water partition coefficient (Wildman–Crippen LogP) is 3.46. The normalized spacial score (nSPS) is 25.3. The molecule has 2 heteroatoms. The second-order valence-electron chi connectivity index (χ2n) is 5.47. The molecule has 3 atom stereocenters. The van der Waals surface area contributed by atoms with Gasteiger partial charge >= 0.3 is 0 Å². The van der Waals surface area contributed by atoms with Gasteiger partial charge in [0.25, 0.3) is 0 Å². The van der Waals surface area contributed by atoms with Crippen molar-refractivity contribution in [1.29, 1.82) is 5.26 Å². The molecule has 0 heterocycles. The summed E-state index contributed by atoms with van der Waals surface area (Å²) in [6.07, 6.45) is 5.20. The van der Waals surface area contributed by atoms with Crippen LogP contribution in [0.5, 0.6) is 0 Å². The molecule has 2 rings (SSSR count). The van der Waals surface area contributed by atoms with Gasteiger partial charge in [-0.2, -0.15) is 5.26 Å². The number of nitriles is 1. The Kier molecular flexibility index (Phi) is 4.78. The summed E-state index contributed by atoms with van der Waals surface area (Å²) < 4.78 is 0. The lowest BCUT2D eigenvalue weighted by molar-refractivity contribution is 0.301. The molecule has 0 aromatic heterocycles. The van der Waals surface area contributed by atoms with Gasteiger partial charge in [0.1, 0.15) is 0 Å². The summed E-state index contributed by atoms with van der Waals surface area (Å²) in [7, 11) is 0. The van der Waals surface area contributed by atoms with Gasteiger partial charge in [-0.3, -0.25) is 0 Å². The molecular formula is C16H22N2. The summed E-state index contributed by atoms with van der Waals surface area (Å²) in [5, 5.41) is 12.8. The summed E-state index contributed by atoms with van der Waals surface area (Å²) in [4.78, 5) is 0. The Hall–Kier alpha value is -1.33. The molecule has 1 aliphatic carbocycles. The summed E-state index contributed by atoms with van der Waals surface area (Å²) in [6.45, 7) is 3.10. The first-order chi connectivity index (χ1) is 8.79. The first-order valence-corrected chi connectivity index (χ1v) is 6.97. The summed E-state index contributed by atoms with van der Waals surface area (Å²) >= 11 is 0. The van der Waals surface area contributed by atoms with Crippen LogP contribution in [0.3, 0.4) is 0 Å². The Morgan fingerprint density at radius 2 is 2.11 bits per heavy atom. The Morgan fingerprint density at radius 1 is 1.33 bits per heavy atom. The fourth-order valence-corrected chi connectivity index (χ4v) is 2.83. The van der Waals surface area contributed by atoms with Gasteiger partial charge < -0.3 is 5.32 Å². The van der Waals surface area contributed by atoms with Crippen LogP contribution in [0.2, 0.25) is 0 Å². The highest BCUT2D eigenvalue weighted by Gasteiger charge is 2.19. The molecule has 18 heavy (non-hydrogen) atoms. The number of hydrogen-bond acceptors (Lipinski definition) is 2. The van der Waals surface area contributed by atoms with Gasteiger partial charge in [0.15, 0.2) is 0 Å². The smallest absolute Gasteiger partial charge is 0.0837 e. The largest absolute Gasteiger partial charge is 0.312 e. The van der Waals surface area contributed by atoms with Crippen molar-refractivity contribution in [2.45, 2.75) is 44.6 Å². The summed E-state index contributed by atoms with van der Waals surface area (Å²) in [5.41, 5.74) is 1.12. The van der Waals surface area contributed by atoms with Gasteiger partial charge in [-0.1, -0.05) is 50.1 Å². The van der Waals surface area contributed by atoms with Crippen molar-refractivity contribution < 1.29 is 0 Å². The van der Waals surface area contributed by atoms with Gasteiger partial charge in [-0.25, -0.2) is 0 Å². The molecule has 0 aliphatic heterocycles. The number of nitrogens with zero attached hydrogens (tertiary/aromatic N) is 1. The highest BCUT2D eigenvalue weighted by Crippen LogP contribution is 2.24. The molecular weight excluding hydrogens is 220 g/mol. The van der Waals surface area contributed by atoms with E-state index in [0.717, 1.165) is 18.0 Å². The van der Waals surface area contributed by atoms with Crippen LogP contribution in [0.1, 0.15) is 44.1 Å². The Bertz CT molecular complexity index is 393. The maximum atomic E-state index is 9.27. The lowest BCUT2D eigenvalue weighted by Crippen LogP contribution is -2.36. The Morgan fingerprint density at radius 3 is 2.78 bits per heavy atom. The molecule has 2 nitrogen and oxygen atoms in total. The van der Waals surface area contributed by atoms with Crippen molar-refractivity contribution in [3.05, 3.63) is 35.9 Å². The van der Waals surface area contributed by atoms with Crippen molar-refractivity contribution in [2.24, 2.45) is 5.92 Å². The lowest BCUT2D eigenvalue weighted by atomic mass is 9.87. The predicted molar refractivity (Wildman–Crippen MR) is 74.2 cm³/mol. The van der Waals surface area contributed by atoms with E-state index < -0.39 is 0 Å². The molecule has 3 unspecified atom stereocenters. The molecule has 0 saturated heterocycles. The van der Waals surface area contributed by atoms with E-state index in [1.165, 1.54) is 25.7 Å². The van der Waals surface area contributed by atoms with Crippen molar-refractivity contribution in [1.82, 2.24) is 5.32 Å². The molecule has 0 radical (unpaired) electrons. The molecule has 0 bridgehead atoms. The minimum absolute atomic E-state index is 0.0246. The standard InChI is InChI=1S/C16H22N2/c1-13-6-5-9-16(10-13)18-12-15(11-17)14-7-3-2-4-8-14/h2-4,7-8,13,15-16,18H,5-6,9-10,12H2,1H3. The van der Waals surface area contributed by atoms with E-state index in [1.807, 2.05) is 30.3 Å². The molecule has 1 N–H and O–H groups in total. The van der Waals surface area contributed by atoms with Crippen LogP contribution in [-0.4, -0.2) is 12.6 Å². The number of nitrogens with one attached hydrogen (secondary N) is 1. The van der Waals surface area contributed by atoms with Gasteiger partial charge in [0.05, 0.1) is 12.0 Å². The van der Waals surface area contributed by atoms with E-state index >= 15 is 0 Å². The van der Waals surface area contributed by atoms with E-state index in [2.05, 4.69) is 18.3 Å². The SMILES string of the molecule is CC1CCCC(NCC(C#N)c2ccccc2)C1. The quantitative estimate of drug-likeness (QED) is 0.877. The van der Waals surface area contributed by atoms with Gasteiger partial charge in [-0.15, -0.1) is 0 Å². The molecule has 1 saturated carbocycles. The summed E-state index contributed by atoms with van der Waals surface area (Å²) in [6, 6.07) is 13.1. The summed E-state index contributed by atoms with van der Waals surface area (Å²) in [5.74, 6) is 0.803. The van der Waals surface area contributed by atoms with Crippen molar-refractivity contribution >= 4 is 0 Å². The first-order valence-electron chi connectivity index (χ1n) is 6.97.